The number of ether oxygens (including phenoxy) is 2. The molecule has 1 aromatic carbocycles. The molecular formula is C9H10O2. The average molecular weight is 150 g/mol. The Balaban J connectivity index is 2.99. The Hall–Kier alpha value is -1.18. The molecule has 0 bridgehead atoms. The van der Waals surface area contributed by atoms with Gasteiger partial charge in [0.1, 0.15) is 11.5 Å². The van der Waals surface area contributed by atoms with Gasteiger partial charge in [-0.25, -0.2) is 0 Å². The van der Waals surface area contributed by atoms with Crippen LogP contribution >= 0.6 is 0 Å². The number of benzene rings is 1. The Labute approximate surface area is 66.8 Å². The fourth-order valence-electron chi connectivity index (χ4n) is 0.839. The Morgan fingerprint density at radius 2 is 1.91 bits per heavy atom. The first-order valence-electron chi connectivity index (χ1n) is 3.25. The summed E-state index contributed by atoms with van der Waals surface area (Å²) in [4.78, 5) is 0. The van der Waals surface area contributed by atoms with Crippen molar-refractivity contribution in [2.24, 2.45) is 0 Å². The third-order valence-corrected chi connectivity index (χ3v) is 1.44. The Kier molecular flexibility index (Phi) is 2.36. The largest absolute Gasteiger partial charge is 0.497 e. The van der Waals surface area contributed by atoms with E-state index < -0.39 is 0 Å². The topological polar surface area (TPSA) is 18.5 Å². The minimum atomic E-state index is 0.590. The summed E-state index contributed by atoms with van der Waals surface area (Å²) in [5.74, 6) is 1.41. The monoisotopic (exact) mass is 150 g/mol. The summed E-state index contributed by atoms with van der Waals surface area (Å²) in [5, 5.41) is 0. The van der Waals surface area contributed by atoms with Crippen LogP contribution in [-0.4, -0.2) is 14.2 Å². The van der Waals surface area contributed by atoms with Gasteiger partial charge in [0.15, 0.2) is 0 Å². The van der Waals surface area contributed by atoms with E-state index in [2.05, 4.69) is 0 Å². The normalized spacial score (nSPS) is 9.36. The van der Waals surface area contributed by atoms with E-state index in [1.54, 1.807) is 32.4 Å². The van der Waals surface area contributed by atoms with Crippen LogP contribution in [0.2, 0.25) is 0 Å². The molecule has 2 heteroatoms. The maximum atomic E-state index is 5.60. The van der Waals surface area contributed by atoms with Gasteiger partial charge in [0, 0.05) is 12.5 Å². The van der Waals surface area contributed by atoms with Crippen molar-refractivity contribution in [2.75, 3.05) is 14.2 Å². The van der Waals surface area contributed by atoms with Crippen LogP contribution in [0.5, 0.6) is 11.5 Å². The molecule has 0 saturated heterocycles. The fourth-order valence-corrected chi connectivity index (χ4v) is 0.839. The van der Waals surface area contributed by atoms with Crippen LogP contribution in [0.1, 0.15) is 5.56 Å². The molecular weight excluding hydrogens is 140 g/mol. The van der Waals surface area contributed by atoms with Crippen LogP contribution in [0.3, 0.4) is 0 Å². The van der Waals surface area contributed by atoms with Gasteiger partial charge >= 0.3 is 0 Å². The molecule has 2 radical (unpaired) electrons. The molecule has 0 saturated carbocycles. The van der Waals surface area contributed by atoms with E-state index in [9.17, 15) is 0 Å². The molecule has 0 N–H and O–H groups in total. The Morgan fingerprint density at radius 1 is 1.18 bits per heavy atom. The van der Waals surface area contributed by atoms with Crippen LogP contribution < -0.4 is 9.47 Å². The summed E-state index contributed by atoms with van der Waals surface area (Å²) in [6, 6.07) is 5.29. The van der Waals surface area contributed by atoms with Crippen molar-refractivity contribution in [3.05, 3.63) is 30.7 Å². The minimum absolute atomic E-state index is 0.590. The molecule has 0 spiro atoms. The van der Waals surface area contributed by atoms with E-state index in [1.807, 2.05) is 0 Å². The van der Waals surface area contributed by atoms with Crippen LogP contribution in [0.25, 0.3) is 0 Å². The first kappa shape index (κ1) is 7.92. The molecule has 0 aliphatic rings. The lowest BCUT2D eigenvalue weighted by Gasteiger charge is -2.05. The van der Waals surface area contributed by atoms with Gasteiger partial charge in [-0.3, -0.25) is 0 Å². The van der Waals surface area contributed by atoms with Gasteiger partial charge in [-0.05, 0) is 18.2 Å². The summed E-state index contributed by atoms with van der Waals surface area (Å²) in [7, 11) is 3.18. The quantitative estimate of drug-likeness (QED) is 0.639. The summed E-state index contributed by atoms with van der Waals surface area (Å²) >= 11 is 0. The Bertz CT molecular complexity index is 243. The van der Waals surface area contributed by atoms with Crippen LogP contribution in [-0.2, 0) is 0 Å². The van der Waals surface area contributed by atoms with Crippen LogP contribution in [0.15, 0.2) is 18.2 Å². The molecule has 1 rings (SSSR count). The molecule has 0 atom stereocenters. The van der Waals surface area contributed by atoms with Crippen molar-refractivity contribution in [1.29, 1.82) is 0 Å². The SMILES string of the molecule is [CH]c1cc(OC)ccc1OC. The summed E-state index contributed by atoms with van der Waals surface area (Å²) in [5.41, 5.74) is 0.590. The van der Waals surface area contributed by atoms with E-state index >= 15 is 0 Å². The van der Waals surface area contributed by atoms with Gasteiger partial charge < -0.3 is 9.47 Å². The van der Waals surface area contributed by atoms with Gasteiger partial charge in [-0.1, -0.05) is 0 Å². The molecule has 0 aliphatic carbocycles. The highest BCUT2D eigenvalue weighted by Gasteiger charge is 1.98. The van der Waals surface area contributed by atoms with Crippen molar-refractivity contribution in [1.82, 2.24) is 0 Å². The molecule has 0 unspecified atom stereocenters. The first-order valence-corrected chi connectivity index (χ1v) is 3.25. The zero-order chi connectivity index (χ0) is 8.27. The molecule has 58 valence electrons. The second-order valence-electron chi connectivity index (χ2n) is 2.11. The van der Waals surface area contributed by atoms with Gasteiger partial charge in [0.05, 0.1) is 14.2 Å². The predicted octanol–water partition coefficient (Wildman–Crippen LogP) is 1.76. The van der Waals surface area contributed by atoms with E-state index in [-0.39, 0.29) is 0 Å². The van der Waals surface area contributed by atoms with Crippen LogP contribution in [0.4, 0.5) is 0 Å². The third-order valence-electron chi connectivity index (χ3n) is 1.44. The highest BCUT2D eigenvalue weighted by Crippen LogP contribution is 2.22. The van der Waals surface area contributed by atoms with Crippen molar-refractivity contribution >= 4 is 0 Å². The zero-order valence-electron chi connectivity index (χ0n) is 6.63. The van der Waals surface area contributed by atoms with E-state index in [4.69, 9.17) is 16.4 Å². The van der Waals surface area contributed by atoms with Gasteiger partial charge in [0.25, 0.3) is 0 Å². The summed E-state index contributed by atoms with van der Waals surface area (Å²) in [6.07, 6.45) is 0. The average Bonchev–Trinajstić information content (AvgIpc) is 2.04. The van der Waals surface area contributed by atoms with Crippen molar-refractivity contribution in [3.63, 3.8) is 0 Å². The molecule has 0 amide bonds. The standard InChI is InChI=1S/C9H10O2/c1-7-6-8(10-2)4-5-9(7)11-3/h1,4-6H,2-3H3. The first-order chi connectivity index (χ1) is 5.27. The van der Waals surface area contributed by atoms with Crippen LogP contribution in [0, 0.1) is 6.92 Å². The van der Waals surface area contributed by atoms with E-state index in [1.165, 1.54) is 0 Å². The highest BCUT2D eigenvalue weighted by molar-refractivity contribution is 5.41. The molecule has 11 heavy (non-hydrogen) atoms. The zero-order valence-corrected chi connectivity index (χ0v) is 6.63. The second-order valence-corrected chi connectivity index (χ2v) is 2.11. The number of rotatable bonds is 2. The van der Waals surface area contributed by atoms with Gasteiger partial charge in [-0.2, -0.15) is 0 Å². The second kappa shape index (κ2) is 3.28. The molecule has 0 aliphatic heterocycles. The van der Waals surface area contributed by atoms with Gasteiger partial charge in [-0.15, -0.1) is 0 Å². The summed E-state index contributed by atoms with van der Waals surface area (Å²) in [6.45, 7) is 5.60. The number of methoxy groups -OCH3 is 2. The lowest BCUT2D eigenvalue weighted by molar-refractivity contribution is 0.401. The number of hydrogen-bond acceptors (Lipinski definition) is 2. The molecule has 0 fully saturated rings. The van der Waals surface area contributed by atoms with Crippen molar-refractivity contribution < 1.29 is 9.47 Å². The molecule has 2 nitrogen and oxygen atoms in total. The summed E-state index contributed by atoms with van der Waals surface area (Å²) < 4.78 is 9.92. The fraction of sp³-hybridized carbons (Fsp3) is 0.222. The predicted molar refractivity (Wildman–Crippen MR) is 42.9 cm³/mol. The van der Waals surface area contributed by atoms with Crippen molar-refractivity contribution in [2.45, 2.75) is 0 Å². The molecule has 0 aromatic heterocycles. The van der Waals surface area contributed by atoms with E-state index in [0.29, 0.717) is 11.3 Å². The maximum Gasteiger partial charge on any atom is 0.122 e. The Morgan fingerprint density at radius 3 is 2.36 bits per heavy atom. The highest BCUT2D eigenvalue weighted by atomic mass is 16.5. The van der Waals surface area contributed by atoms with E-state index in [0.717, 1.165) is 5.75 Å². The lowest BCUT2D eigenvalue weighted by Crippen LogP contribution is -1.88. The van der Waals surface area contributed by atoms with Crippen molar-refractivity contribution in [3.8, 4) is 11.5 Å². The smallest absolute Gasteiger partial charge is 0.122 e. The molecule has 1 aromatic rings. The maximum absolute atomic E-state index is 5.60. The number of hydrogen-bond donors (Lipinski definition) is 0. The minimum Gasteiger partial charge on any atom is -0.497 e. The third kappa shape index (κ3) is 1.64. The lowest BCUT2D eigenvalue weighted by atomic mass is 10.2. The molecule has 0 heterocycles. The van der Waals surface area contributed by atoms with Gasteiger partial charge in [0.2, 0.25) is 0 Å².